The maximum absolute atomic E-state index is 8.80. The summed E-state index contributed by atoms with van der Waals surface area (Å²) in [6.07, 6.45) is 1.77. The van der Waals surface area contributed by atoms with E-state index in [1.165, 1.54) is 0 Å². The first-order chi connectivity index (χ1) is 6.90. The van der Waals surface area contributed by atoms with Gasteiger partial charge in [0.05, 0.1) is 5.69 Å². The number of nitrogens with zero attached hydrogens (tertiary/aromatic N) is 1. The second kappa shape index (κ2) is 4.26. The molecule has 14 heavy (non-hydrogen) atoms. The highest BCUT2D eigenvalue weighted by atomic mass is 32.2. The first-order valence-corrected chi connectivity index (χ1v) is 5.00. The molecule has 1 heterocycles. The van der Waals surface area contributed by atoms with Crippen LogP contribution >= 0.6 is 12.0 Å². The highest BCUT2D eigenvalue weighted by Crippen LogP contribution is 2.20. The van der Waals surface area contributed by atoms with Gasteiger partial charge in [-0.15, -0.1) is 0 Å². The minimum Gasteiger partial charge on any atom is -0.325 e. The molecular formula is C11H9NOS. The number of hydrogen-bond donors (Lipinski definition) is 1. The zero-order chi connectivity index (χ0) is 9.80. The van der Waals surface area contributed by atoms with Gasteiger partial charge in [0.25, 0.3) is 0 Å². The van der Waals surface area contributed by atoms with E-state index in [-0.39, 0.29) is 0 Å². The Balaban J connectivity index is 2.34. The summed E-state index contributed by atoms with van der Waals surface area (Å²) in [5.74, 6) is 0. The van der Waals surface area contributed by atoms with Crippen molar-refractivity contribution < 1.29 is 4.55 Å². The van der Waals surface area contributed by atoms with E-state index in [1.54, 1.807) is 6.20 Å². The molecule has 1 N–H and O–H groups in total. The Hall–Kier alpha value is -1.32. The molecule has 3 heteroatoms. The van der Waals surface area contributed by atoms with Crippen LogP contribution in [0.3, 0.4) is 0 Å². The summed E-state index contributed by atoms with van der Waals surface area (Å²) in [5.41, 5.74) is 2.00. The van der Waals surface area contributed by atoms with Gasteiger partial charge in [-0.25, -0.2) is 0 Å². The van der Waals surface area contributed by atoms with Crippen LogP contribution in [0, 0.1) is 0 Å². The van der Waals surface area contributed by atoms with Crippen LogP contribution in [-0.2, 0) is 0 Å². The van der Waals surface area contributed by atoms with E-state index in [4.69, 9.17) is 4.55 Å². The van der Waals surface area contributed by atoms with Crippen molar-refractivity contribution >= 4 is 12.0 Å². The summed E-state index contributed by atoms with van der Waals surface area (Å²) in [5, 5.41) is 0. The van der Waals surface area contributed by atoms with Crippen LogP contribution in [0.15, 0.2) is 53.6 Å². The molecule has 0 bridgehead atoms. The zero-order valence-corrected chi connectivity index (χ0v) is 8.24. The third kappa shape index (κ3) is 1.95. The van der Waals surface area contributed by atoms with Gasteiger partial charge in [0.15, 0.2) is 0 Å². The van der Waals surface area contributed by atoms with Gasteiger partial charge >= 0.3 is 0 Å². The fourth-order valence-electron chi connectivity index (χ4n) is 1.22. The summed E-state index contributed by atoms with van der Waals surface area (Å²) >= 11 is 0.752. The molecule has 0 saturated carbocycles. The van der Waals surface area contributed by atoms with Crippen molar-refractivity contribution in [3.63, 3.8) is 0 Å². The lowest BCUT2D eigenvalue weighted by Crippen LogP contribution is -1.81. The normalized spacial score (nSPS) is 10.1. The third-order valence-corrected chi connectivity index (χ3v) is 2.40. The molecule has 2 aromatic rings. The molecule has 1 aromatic carbocycles. The molecule has 2 rings (SSSR count). The molecule has 0 amide bonds. The fraction of sp³-hybridized carbons (Fsp3) is 0. The highest BCUT2D eigenvalue weighted by Gasteiger charge is 1.97. The smallest absolute Gasteiger partial charge is 0.0701 e. The minimum atomic E-state index is 0.752. The predicted octanol–water partition coefficient (Wildman–Crippen LogP) is 3.31. The number of pyridine rings is 1. The van der Waals surface area contributed by atoms with Crippen molar-refractivity contribution in [3.8, 4) is 11.3 Å². The molecule has 0 radical (unpaired) electrons. The van der Waals surface area contributed by atoms with Crippen LogP contribution in [0.1, 0.15) is 0 Å². The molecule has 0 atom stereocenters. The average molecular weight is 203 g/mol. The Bertz CT molecular complexity index is 399. The van der Waals surface area contributed by atoms with E-state index in [0.717, 1.165) is 28.2 Å². The van der Waals surface area contributed by atoms with Gasteiger partial charge in [0.2, 0.25) is 0 Å². The molecule has 0 saturated heterocycles. The minimum absolute atomic E-state index is 0.752. The Labute approximate surface area is 86.8 Å². The summed E-state index contributed by atoms with van der Waals surface area (Å²) in [6.45, 7) is 0. The summed E-state index contributed by atoms with van der Waals surface area (Å²) in [7, 11) is 0. The van der Waals surface area contributed by atoms with E-state index in [1.807, 2.05) is 42.5 Å². The lowest BCUT2D eigenvalue weighted by molar-refractivity contribution is 0.664. The summed E-state index contributed by atoms with van der Waals surface area (Å²) in [4.78, 5) is 5.07. The molecule has 1 aromatic heterocycles. The number of hydrogen-bond acceptors (Lipinski definition) is 3. The van der Waals surface area contributed by atoms with Crippen LogP contribution in [-0.4, -0.2) is 9.54 Å². The maximum Gasteiger partial charge on any atom is 0.0701 e. The first kappa shape index (κ1) is 9.24. The van der Waals surface area contributed by atoms with Gasteiger partial charge in [0.1, 0.15) is 0 Å². The largest absolute Gasteiger partial charge is 0.325 e. The van der Waals surface area contributed by atoms with Gasteiger partial charge in [-0.2, -0.15) is 0 Å². The van der Waals surface area contributed by atoms with Crippen LogP contribution in [0.25, 0.3) is 11.3 Å². The Morgan fingerprint density at radius 3 is 2.36 bits per heavy atom. The number of rotatable bonds is 2. The summed E-state index contributed by atoms with van der Waals surface area (Å²) < 4.78 is 8.80. The molecule has 0 unspecified atom stereocenters. The van der Waals surface area contributed by atoms with Crippen LogP contribution in [0.5, 0.6) is 0 Å². The molecule has 0 aliphatic heterocycles. The molecule has 0 aliphatic carbocycles. The molecule has 70 valence electrons. The van der Waals surface area contributed by atoms with Crippen LogP contribution < -0.4 is 0 Å². The van der Waals surface area contributed by atoms with E-state index >= 15 is 0 Å². The van der Waals surface area contributed by atoms with Crippen LogP contribution in [0.2, 0.25) is 0 Å². The third-order valence-electron chi connectivity index (χ3n) is 1.92. The maximum atomic E-state index is 8.80. The van der Waals surface area contributed by atoms with E-state index in [2.05, 4.69) is 4.98 Å². The molecular weight excluding hydrogens is 194 g/mol. The van der Waals surface area contributed by atoms with Gasteiger partial charge in [-0.05, 0) is 24.3 Å². The van der Waals surface area contributed by atoms with Crippen molar-refractivity contribution in [2.75, 3.05) is 0 Å². The van der Waals surface area contributed by atoms with Crippen molar-refractivity contribution in [1.29, 1.82) is 0 Å². The zero-order valence-electron chi connectivity index (χ0n) is 7.42. The summed E-state index contributed by atoms with van der Waals surface area (Å²) in [6, 6.07) is 13.4. The fourth-order valence-corrected chi connectivity index (χ4v) is 1.48. The average Bonchev–Trinajstić information content (AvgIpc) is 2.30. The topological polar surface area (TPSA) is 33.1 Å². The molecule has 0 spiro atoms. The second-order valence-corrected chi connectivity index (χ2v) is 3.48. The van der Waals surface area contributed by atoms with Crippen molar-refractivity contribution in [3.05, 3.63) is 48.7 Å². The van der Waals surface area contributed by atoms with E-state index < -0.39 is 0 Å². The lowest BCUT2D eigenvalue weighted by Gasteiger charge is -2.00. The van der Waals surface area contributed by atoms with Crippen LogP contribution in [0.4, 0.5) is 0 Å². The Kier molecular flexibility index (Phi) is 2.81. The van der Waals surface area contributed by atoms with E-state index in [0.29, 0.717) is 0 Å². The molecule has 2 nitrogen and oxygen atoms in total. The monoisotopic (exact) mass is 203 g/mol. The predicted molar refractivity (Wildman–Crippen MR) is 58.2 cm³/mol. The van der Waals surface area contributed by atoms with Crippen molar-refractivity contribution in [1.82, 2.24) is 4.98 Å². The van der Waals surface area contributed by atoms with Gasteiger partial charge in [0, 0.05) is 28.7 Å². The first-order valence-electron chi connectivity index (χ1n) is 4.23. The quantitative estimate of drug-likeness (QED) is 0.760. The number of aromatic nitrogens is 1. The second-order valence-electron chi connectivity index (χ2n) is 2.83. The standard InChI is InChI=1S/C11H9NOS/c13-14-10-6-4-9(5-7-10)11-3-1-2-8-12-11/h1-8,13H. The van der Waals surface area contributed by atoms with Gasteiger partial charge in [-0.1, -0.05) is 18.2 Å². The Morgan fingerprint density at radius 1 is 1.00 bits per heavy atom. The SMILES string of the molecule is OSc1ccc(-c2ccccn2)cc1. The van der Waals surface area contributed by atoms with Crippen molar-refractivity contribution in [2.24, 2.45) is 0 Å². The van der Waals surface area contributed by atoms with Gasteiger partial charge in [-0.3, -0.25) is 4.98 Å². The van der Waals surface area contributed by atoms with E-state index in [9.17, 15) is 0 Å². The Morgan fingerprint density at radius 2 is 1.79 bits per heavy atom. The van der Waals surface area contributed by atoms with Gasteiger partial charge < -0.3 is 4.55 Å². The molecule has 0 aliphatic rings. The number of benzene rings is 1. The lowest BCUT2D eigenvalue weighted by atomic mass is 10.1. The van der Waals surface area contributed by atoms with Crippen molar-refractivity contribution in [2.45, 2.75) is 4.90 Å². The molecule has 0 fully saturated rings. The highest BCUT2D eigenvalue weighted by molar-refractivity contribution is 7.93.